The number of likely N-dealkylation sites (tertiary alicyclic amines) is 1. The quantitative estimate of drug-likeness (QED) is 0.753. The number of carbonyl (C=O) groups is 2. The lowest BCUT2D eigenvalue weighted by Crippen LogP contribution is -2.37. The van der Waals surface area contributed by atoms with Crippen LogP contribution in [0.5, 0.6) is 0 Å². The molecule has 0 spiro atoms. The molecular weight excluding hydrogens is 366 g/mol. The highest BCUT2D eigenvalue weighted by molar-refractivity contribution is 5.96. The summed E-state index contributed by atoms with van der Waals surface area (Å²) in [7, 11) is 1.86. The second kappa shape index (κ2) is 10.2. The van der Waals surface area contributed by atoms with Gasteiger partial charge in [-0.15, -0.1) is 0 Å². The van der Waals surface area contributed by atoms with Crippen LogP contribution in [0.25, 0.3) is 11.1 Å². The average Bonchev–Trinajstić information content (AvgIpc) is 2.94. The Kier molecular flexibility index (Phi) is 7.38. The monoisotopic (exact) mass is 395 g/mol. The molecule has 6 heteroatoms. The van der Waals surface area contributed by atoms with Gasteiger partial charge in [-0.3, -0.25) is 19.4 Å². The second-order valence-electron chi connectivity index (χ2n) is 7.63. The predicted octanol–water partition coefficient (Wildman–Crippen LogP) is 3.16. The van der Waals surface area contributed by atoms with E-state index in [0.717, 1.165) is 49.2 Å². The molecule has 1 atom stereocenters. The summed E-state index contributed by atoms with van der Waals surface area (Å²) in [5.41, 5.74) is 2.90. The number of rotatable bonds is 7. The van der Waals surface area contributed by atoms with Gasteiger partial charge in [0, 0.05) is 23.8 Å². The van der Waals surface area contributed by atoms with Gasteiger partial charge in [0.1, 0.15) is 0 Å². The zero-order valence-electron chi connectivity index (χ0n) is 16.9. The Morgan fingerprint density at radius 1 is 1.07 bits per heavy atom. The normalized spacial score (nSPS) is 17.7. The van der Waals surface area contributed by atoms with Crippen LogP contribution in [0.3, 0.4) is 0 Å². The highest BCUT2D eigenvalue weighted by Gasteiger charge is 2.22. The molecule has 0 radical (unpaired) electrons. The van der Waals surface area contributed by atoms with Crippen LogP contribution in [0.4, 0.5) is 5.69 Å². The summed E-state index contributed by atoms with van der Waals surface area (Å²) in [5, 5.41) is 12.1. The maximum atomic E-state index is 12.7. The molecule has 0 bridgehead atoms. The van der Waals surface area contributed by atoms with Crippen molar-refractivity contribution in [2.24, 2.45) is 0 Å². The highest BCUT2D eigenvalue weighted by atomic mass is 16.4. The van der Waals surface area contributed by atoms with E-state index in [2.05, 4.69) is 10.2 Å². The Morgan fingerprint density at radius 3 is 2.55 bits per heavy atom. The number of nitrogens with one attached hydrogen (secondary N) is 1. The third kappa shape index (κ3) is 6.14. The molecule has 3 rings (SSSR count). The lowest BCUT2D eigenvalue weighted by atomic mass is 10.0. The van der Waals surface area contributed by atoms with Gasteiger partial charge in [-0.25, -0.2) is 0 Å². The molecule has 0 aliphatic carbocycles. The van der Waals surface area contributed by atoms with Gasteiger partial charge < -0.3 is 10.4 Å². The van der Waals surface area contributed by atoms with Crippen LogP contribution in [-0.2, 0) is 9.59 Å². The first kappa shape index (κ1) is 21.0. The van der Waals surface area contributed by atoms with Crippen molar-refractivity contribution < 1.29 is 14.7 Å². The molecule has 1 heterocycles. The van der Waals surface area contributed by atoms with Crippen molar-refractivity contribution in [2.75, 3.05) is 38.5 Å². The van der Waals surface area contributed by atoms with Crippen LogP contribution < -0.4 is 5.32 Å². The van der Waals surface area contributed by atoms with E-state index in [-0.39, 0.29) is 18.5 Å². The first-order valence-electron chi connectivity index (χ1n) is 10.1. The molecule has 0 saturated carbocycles. The first-order valence-corrected chi connectivity index (χ1v) is 10.1. The number of amides is 1. The predicted molar refractivity (Wildman–Crippen MR) is 115 cm³/mol. The van der Waals surface area contributed by atoms with E-state index < -0.39 is 5.97 Å². The van der Waals surface area contributed by atoms with Gasteiger partial charge in [-0.05, 0) is 44.5 Å². The number of hydrogen-bond donors (Lipinski definition) is 2. The molecular formula is C23H29N3O3. The number of carbonyl (C=O) groups excluding carboxylic acids is 1. The van der Waals surface area contributed by atoms with Crippen molar-refractivity contribution >= 4 is 17.6 Å². The van der Waals surface area contributed by atoms with Gasteiger partial charge in [0.25, 0.3) is 0 Å². The summed E-state index contributed by atoms with van der Waals surface area (Å²) in [6, 6.07) is 18.1. The fourth-order valence-electron chi connectivity index (χ4n) is 3.93. The standard InChI is InChI=1S/C23H29N3O3/c1-25(17-23(28)29)19-10-7-14-26(15-13-19)16-22(27)24-21-12-6-5-11-20(21)18-8-3-2-4-9-18/h2-6,8-9,11-12,19H,7,10,13-17H2,1H3,(H,24,27)(H,28,29). The Balaban J connectivity index is 1.57. The molecule has 29 heavy (non-hydrogen) atoms. The average molecular weight is 396 g/mol. The Bertz CT molecular complexity index is 825. The minimum atomic E-state index is -0.801. The zero-order valence-corrected chi connectivity index (χ0v) is 16.9. The van der Waals surface area contributed by atoms with Gasteiger partial charge in [0.15, 0.2) is 0 Å². The van der Waals surface area contributed by atoms with Crippen LogP contribution in [0, 0.1) is 0 Å². The molecule has 1 amide bonds. The van der Waals surface area contributed by atoms with Crippen molar-refractivity contribution in [1.82, 2.24) is 9.80 Å². The van der Waals surface area contributed by atoms with Crippen LogP contribution in [-0.4, -0.2) is 66.1 Å². The minimum absolute atomic E-state index is 0.0225. The molecule has 1 aliphatic rings. The maximum Gasteiger partial charge on any atom is 0.317 e. The third-order valence-electron chi connectivity index (χ3n) is 5.45. The molecule has 154 valence electrons. The fraction of sp³-hybridized carbons (Fsp3) is 0.391. The van der Waals surface area contributed by atoms with E-state index in [9.17, 15) is 9.59 Å². The number of hydrogen-bond acceptors (Lipinski definition) is 4. The van der Waals surface area contributed by atoms with Crippen molar-refractivity contribution in [3.8, 4) is 11.1 Å². The maximum absolute atomic E-state index is 12.7. The molecule has 2 aromatic carbocycles. The van der Waals surface area contributed by atoms with E-state index >= 15 is 0 Å². The molecule has 1 aliphatic heterocycles. The van der Waals surface area contributed by atoms with Gasteiger partial charge in [-0.2, -0.15) is 0 Å². The van der Waals surface area contributed by atoms with Gasteiger partial charge in [-0.1, -0.05) is 48.5 Å². The van der Waals surface area contributed by atoms with Crippen molar-refractivity contribution in [1.29, 1.82) is 0 Å². The number of para-hydroxylation sites is 1. The Hall–Kier alpha value is -2.70. The molecule has 2 aromatic rings. The van der Waals surface area contributed by atoms with Gasteiger partial charge in [0.2, 0.25) is 5.91 Å². The Morgan fingerprint density at radius 2 is 1.79 bits per heavy atom. The number of carboxylic acid groups (broad SMARTS) is 1. The zero-order chi connectivity index (χ0) is 20.6. The highest BCUT2D eigenvalue weighted by Crippen LogP contribution is 2.27. The topological polar surface area (TPSA) is 72.9 Å². The van der Waals surface area contributed by atoms with E-state index in [0.29, 0.717) is 6.54 Å². The minimum Gasteiger partial charge on any atom is -0.480 e. The third-order valence-corrected chi connectivity index (χ3v) is 5.45. The Labute approximate surface area is 172 Å². The first-order chi connectivity index (χ1) is 14.0. The van der Waals surface area contributed by atoms with Crippen LogP contribution in [0.1, 0.15) is 19.3 Å². The SMILES string of the molecule is CN(CC(=O)O)C1CCCN(CC(=O)Nc2ccccc2-c2ccccc2)CC1. The van der Waals surface area contributed by atoms with Gasteiger partial charge >= 0.3 is 5.97 Å². The number of nitrogens with zero attached hydrogens (tertiary/aromatic N) is 2. The summed E-state index contributed by atoms with van der Waals surface area (Å²) in [4.78, 5) is 27.7. The lowest BCUT2D eigenvalue weighted by Gasteiger charge is -2.25. The summed E-state index contributed by atoms with van der Waals surface area (Å²) >= 11 is 0. The number of aliphatic carboxylic acids is 1. The number of anilines is 1. The van der Waals surface area contributed by atoms with Crippen LogP contribution in [0.15, 0.2) is 54.6 Å². The molecule has 1 saturated heterocycles. The number of benzene rings is 2. The van der Waals surface area contributed by atoms with E-state index in [1.54, 1.807) is 0 Å². The molecule has 1 fully saturated rings. The van der Waals surface area contributed by atoms with Crippen LogP contribution in [0.2, 0.25) is 0 Å². The van der Waals surface area contributed by atoms with Gasteiger partial charge in [0.05, 0.1) is 13.1 Å². The fourth-order valence-corrected chi connectivity index (χ4v) is 3.93. The van der Waals surface area contributed by atoms with Crippen molar-refractivity contribution in [2.45, 2.75) is 25.3 Å². The number of carboxylic acids is 1. The second-order valence-corrected chi connectivity index (χ2v) is 7.63. The van der Waals surface area contributed by atoms with E-state index in [1.165, 1.54) is 0 Å². The summed E-state index contributed by atoms with van der Waals surface area (Å²) in [5.74, 6) is -0.823. The molecule has 6 nitrogen and oxygen atoms in total. The smallest absolute Gasteiger partial charge is 0.317 e. The van der Waals surface area contributed by atoms with Crippen molar-refractivity contribution in [3.05, 3.63) is 54.6 Å². The van der Waals surface area contributed by atoms with Crippen LogP contribution >= 0.6 is 0 Å². The molecule has 0 aromatic heterocycles. The van der Waals surface area contributed by atoms with E-state index in [4.69, 9.17) is 5.11 Å². The molecule has 2 N–H and O–H groups in total. The van der Waals surface area contributed by atoms with E-state index in [1.807, 2.05) is 66.5 Å². The lowest BCUT2D eigenvalue weighted by molar-refractivity contribution is -0.138. The summed E-state index contributed by atoms with van der Waals surface area (Å²) in [6.07, 6.45) is 2.79. The summed E-state index contributed by atoms with van der Waals surface area (Å²) in [6.45, 7) is 2.05. The largest absolute Gasteiger partial charge is 0.480 e. The molecule has 1 unspecified atom stereocenters. The summed E-state index contributed by atoms with van der Waals surface area (Å²) < 4.78 is 0. The number of likely N-dealkylation sites (N-methyl/N-ethyl adjacent to an activating group) is 1. The van der Waals surface area contributed by atoms with Crippen molar-refractivity contribution in [3.63, 3.8) is 0 Å².